The van der Waals surface area contributed by atoms with Crippen LogP contribution in [-0.2, 0) is 6.42 Å². The molecule has 0 aliphatic carbocycles. The van der Waals surface area contributed by atoms with E-state index in [-0.39, 0.29) is 40.6 Å². The van der Waals surface area contributed by atoms with Crippen LogP contribution >= 0.6 is 0 Å². The van der Waals surface area contributed by atoms with Crippen LogP contribution in [0.4, 0.5) is 0 Å². The molecular weight excluding hydrogens is 142 g/mol. The molecule has 48 valence electrons. The van der Waals surface area contributed by atoms with Crippen LogP contribution in [-0.4, -0.2) is 54.3 Å². The van der Waals surface area contributed by atoms with Gasteiger partial charge in [0.15, 0.2) is 0 Å². The Bertz CT molecular complexity index is 145. The molecule has 9 heavy (non-hydrogen) atoms. The number of nitrogens with zero attached hydrogens (tertiary/aromatic N) is 1. The summed E-state index contributed by atoms with van der Waals surface area (Å²) in [6.45, 7) is 0.683. The number of nitrogens with two attached hydrogens (primary N) is 1. The first-order valence-electron chi connectivity index (χ1n) is 2.61. The normalized spacial score (nSPS) is 8.56. The second-order valence-electron chi connectivity index (χ2n) is 1.62. The van der Waals surface area contributed by atoms with Crippen LogP contribution in [0.15, 0.2) is 12.5 Å². The van der Waals surface area contributed by atoms with Gasteiger partial charge in [-0.3, -0.25) is 0 Å². The van der Waals surface area contributed by atoms with Crippen LogP contribution in [0.2, 0.25) is 0 Å². The molecule has 0 aliphatic rings. The summed E-state index contributed by atoms with van der Waals surface area (Å²) in [4.78, 5) is 6.78. The first kappa shape index (κ1) is 9.43. The van der Waals surface area contributed by atoms with Gasteiger partial charge in [0, 0.05) is 18.3 Å². The molecule has 0 aromatic carbocycles. The number of aromatic amines is 1. The van der Waals surface area contributed by atoms with Crippen molar-refractivity contribution >= 4 is 37.7 Å². The molecule has 0 aliphatic heterocycles. The Balaban J connectivity index is -0.000000213. The summed E-state index contributed by atoms with van der Waals surface area (Å²) < 4.78 is 0. The van der Waals surface area contributed by atoms with Crippen LogP contribution in [0.1, 0.15) is 8.55 Å². The SMILES string of the molecule is NCCc1cnc[nH]1.[Ca+2].[H-].[H-]. The summed E-state index contributed by atoms with van der Waals surface area (Å²) in [5, 5.41) is 0. The second kappa shape index (κ2) is 5.23. The summed E-state index contributed by atoms with van der Waals surface area (Å²) in [6.07, 6.45) is 4.33. The fourth-order valence-electron chi connectivity index (χ4n) is 0.577. The topological polar surface area (TPSA) is 54.7 Å². The monoisotopic (exact) mass is 153 g/mol. The predicted octanol–water partition coefficient (Wildman–Crippen LogP) is -0.245. The second-order valence-corrected chi connectivity index (χ2v) is 1.62. The van der Waals surface area contributed by atoms with Gasteiger partial charge in [-0.2, -0.15) is 0 Å². The summed E-state index contributed by atoms with van der Waals surface area (Å²) in [6, 6.07) is 0. The maximum Gasteiger partial charge on any atom is 2.00 e. The molecule has 1 rings (SSSR count). The summed E-state index contributed by atoms with van der Waals surface area (Å²) in [5.41, 5.74) is 6.38. The first-order valence-corrected chi connectivity index (χ1v) is 2.61. The zero-order valence-electron chi connectivity index (χ0n) is 7.30. The average Bonchev–Trinajstić information content (AvgIpc) is 2.19. The summed E-state index contributed by atoms with van der Waals surface area (Å²) in [5.74, 6) is 0. The van der Waals surface area contributed by atoms with Crippen molar-refractivity contribution in [1.82, 2.24) is 9.97 Å². The van der Waals surface area contributed by atoms with Crippen molar-refractivity contribution in [3.05, 3.63) is 18.2 Å². The molecular formula is C5H11CaN3. The van der Waals surface area contributed by atoms with Gasteiger partial charge < -0.3 is 13.6 Å². The molecule has 1 heterocycles. The van der Waals surface area contributed by atoms with Crippen molar-refractivity contribution in [2.24, 2.45) is 5.73 Å². The Morgan fingerprint density at radius 3 is 3.00 bits per heavy atom. The Kier molecular flexibility index (Phi) is 5.48. The minimum atomic E-state index is 0. The molecule has 0 unspecified atom stereocenters. The molecule has 0 bridgehead atoms. The largest absolute Gasteiger partial charge is 2.00 e. The minimum absolute atomic E-state index is 0. The molecule has 3 N–H and O–H groups in total. The van der Waals surface area contributed by atoms with Crippen molar-refractivity contribution in [2.75, 3.05) is 6.54 Å². The standard InChI is InChI=1S/C5H9N3.Ca.2H/c6-2-1-5-3-7-4-8-5;;;/h3-4H,1-2,6H2,(H,7,8);;;/q;+2;2*-1. The molecule has 3 nitrogen and oxygen atoms in total. The molecule has 0 saturated heterocycles. The maximum absolute atomic E-state index is 5.27. The molecule has 0 amide bonds. The van der Waals surface area contributed by atoms with E-state index in [0.29, 0.717) is 6.54 Å². The van der Waals surface area contributed by atoms with Gasteiger partial charge in [-0.05, 0) is 6.54 Å². The molecule has 4 heteroatoms. The number of rotatable bonds is 2. The predicted molar refractivity (Wildman–Crippen MR) is 39.3 cm³/mol. The molecule has 1 aromatic heterocycles. The smallest absolute Gasteiger partial charge is 1.00 e. The average molecular weight is 153 g/mol. The zero-order chi connectivity index (χ0) is 5.82. The van der Waals surface area contributed by atoms with Gasteiger partial charge in [0.1, 0.15) is 0 Å². The summed E-state index contributed by atoms with van der Waals surface area (Å²) >= 11 is 0. The number of imidazole rings is 1. The Morgan fingerprint density at radius 1 is 1.78 bits per heavy atom. The quantitative estimate of drug-likeness (QED) is 0.576. The van der Waals surface area contributed by atoms with Crippen molar-refractivity contribution in [2.45, 2.75) is 6.42 Å². The zero-order valence-corrected chi connectivity index (χ0v) is 7.51. The van der Waals surface area contributed by atoms with Gasteiger partial charge in [0.05, 0.1) is 6.33 Å². The summed E-state index contributed by atoms with van der Waals surface area (Å²) in [7, 11) is 0. The first-order chi connectivity index (χ1) is 3.93. The Labute approximate surface area is 87.0 Å². The van der Waals surface area contributed by atoms with Gasteiger partial charge in [-0.25, -0.2) is 4.98 Å². The van der Waals surface area contributed by atoms with E-state index in [0.717, 1.165) is 12.1 Å². The van der Waals surface area contributed by atoms with Crippen LogP contribution in [0.3, 0.4) is 0 Å². The molecule has 0 saturated carbocycles. The number of nitrogens with one attached hydrogen (secondary N) is 1. The minimum Gasteiger partial charge on any atom is -1.00 e. The number of hydrogen-bond donors (Lipinski definition) is 2. The van der Waals surface area contributed by atoms with E-state index in [1.807, 2.05) is 0 Å². The fraction of sp³-hybridized carbons (Fsp3) is 0.400. The molecule has 1 aromatic rings. The van der Waals surface area contributed by atoms with Crippen molar-refractivity contribution in [1.29, 1.82) is 0 Å². The number of hydrogen-bond acceptors (Lipinski definition) is 2. The van der Waals surface area contributed by atoms with Crippen LogP contribution in [0.5, 0.6) is 0 Å². The number of aromatic nitrogens is 2. The van der Waals surface area contributed by atoms with Gasteiger partial charge in [-0.1, -0.05) is 0 Å². The van der Waals surface area contributed by atoms with E-state index in [2.05, 4.69) is 9.97 Å². The maximum atomic E-state index is 5.27. The van der Waals surface area contributed by atoms with Gasteiger partial charge >= 0.3 is 37.7 Å². The van der Waals surface area contributed by atoms with E-state index >= 15 is 0 Å². The molecule has 0 fully saturated rings. The Morgan fingerprint density at radius 2 is 2.56 bits per heavy atom. The van der Waals surface area contributed by atoms with Crippen molar-refractivity contribution in [3.63, 3.8) is 0 Å². The fourth-order valence-corrected chi connectivity index (χ4v) is 0.577. The third-order valence-electron chi connectivity index (χ3n) is 0.969. The Hall–Kier alpha value is 0.430. The third kappa shape index (κ3) is 3.20. The molecule has 0 radical (unpaired) electrons. The molecule has 0 spiro atoms. The van der Waals surface area contributed by atoms with Gasteiger partial charge in [0.25, 0.3) is 0 Å². The van der Waals surface area contributed by atoms with E-state index < -0.39 is 0 Å². The van der Waals surface area contributed by atoms with Crippen LogP contribution in [0, 0.1) is 0 Å². The van der Waals surface area contributed by atoms with Gasteiger partial charge in [0.2, 0.25) is 0 Å². The van der Waals surface area contributed by atoms with E-state index in [1.165, 1.54) is 0 Å². The van der Waals surface area contributed by atoms with Gasteiger partial charge in [-0.15, -0.1) is 0 Å². The van der Waals surface area contributed by atoms with Crippen molar-refractivity contribution in [3.8, 4) is 0 Å². The van der Waals surface area contributed by atoms with Crippen LogP contribution in [0.25, 0.3) is 0 Å². The molecule has 0 atom stereocenters. The van der Waals surface area contributed by atoms with Crippen LogP contribution < -0.4 is 5.73 Å². The van der Waals surface area contributed by atoms with Crippen molar-refractivity contribution < 1.29 is 2.85 Å². The van der Waals surface area contributed by atoms with E-state index in [9.17, 15) is 0 Å². The number of H-pyrrole nitrogens is 1. The van der Waals surface area contributed by atoms with E-state index in [4.69, 9.17) is 5.73 Å². The van der Waals surface area contributed by atoms with E-state index in [1.54, 1.807) is 12.5 Å². The third-order valence-corrected chi connectivity index (χ3v) is 0.969.